The summed E-state index contributed by atoms with van der Waals surface area (Å²) in [6, 6.07) is -1.14. The number of hydrogen-bond acceptors (Lipinski definition) is 2. The van der Waals surface area contributed by atoms with E-state index in [9.17, 15) is 22.8 Å². The van der Waals surface area contributed by atoms with E-state index in [-0.39, 0.29) is 12.3 Å². The number of carbonyl (C=O) groups excluding carboxylic acids is 2. The third kappa shape index (κ3) is 5.55. The number of alkyl halides is 3. The van der Waals surface area contributed by atoms with Crippen molar-refractivity contribution in [2.75, 3.05) is 14.1 Å². The van der Waals surface area contributed by atoms with Crippen LogP contribution in [0.5, 0.6) is 0 Å². The van der Waals surface area contributed by atoms with Crippen molar-refractivity contribution in [2.24, 2.45) is 5.92 Å². The van der Waals surface area contributed by atoms with Crippen LogP contribution in [0, 0.1) is 5.92 Å². The monoisotopic (exact) mass is 254 g/mol. The lowest BCUT2D eigenvalue weighted by Crippen LogP contribution is -2.50. The average Bonchev–Trinajstić information content (AvgIpc) is 2.12. The van der Waals surface area contributed by atoms with Gasteiger partial charge in [0.1, 0.15) is 6.04 Å². The van der Waals surface area contributed by atoms with Gasteiger partial charge in [0.15, 0.2) is 0 Å². The summed E-state index contributed by atoms with van der Waals surface area (Å²) in [5.41, 5.74) is 0. The highest BCUT2D eigenvalue weighted by atomic mass is 19.4. The van der Waals surface area contributed by atoms with Crippen molar-refractivity contribution in [2.45, 2.75) is 32.5 Å². The molecular weight excluding hydrogens is 237 g/mol. The minimum atomic E-state index is -4.97. The van der Waals surface area contributed by atoms with Gasteiger partial charge in [-0.15, -0.1) is 0 Å². The van der Waals surface area contributed by atoms with Crippen molar-refractivity contribution in [3.8, 4) is 0 Å². The molecule has 0 spiro atoms. The number of nitrogens with zero attached hydrogens (tertiary/aromatic N) is 1. The smallest absolute Gasteiger partial charge is 0.347 e. The minimum absolute atomic E-state index is 0.00238. The van der Waals surface area contributed by atoms with Gasteiger partial charge in [0.25, 0.3) is 0 Å². The van der Waals surface area contributed by atoms with E-state index in [1.165, 1.54) is 14.1 Å². The molecule has 0 aliphatic carbocycles. The Labute approximate surface area is 98.2 Å². The molecule has 0 aromatic rings. The molecule has 0 bridgehead atoms. The lowest BCUT2D eigenvalue weighted by molar-refractivity contribution is -0.175. The number of carbonyl (C=O) groups is 2. The molecule has 0 saturated heterocycles. The Morgan fingerprint density at radius 1 is 1.24 bits per heavy atom. The molecule has 1 N–H and O–H groups in total. The zero-order valence-electron chi connectivity index (χ0n) is 10.3. The molecule has 0 aliphatic rings. The fraction of sp³-hybridized carbons (Fsp3) is 0.800. The first-order valence-electron chi connectivity index (χ1n) is 5.14. The van der Waals surface area contributed by atoms with E-state index in [0.717, 1.165) is 4.90 Å². The number of nitrogens with one attached hydrogen (secondary N) is 1. The maximum atomic E-state index is 12.1. The van der Waals surface area contributed by atoms with E-state index in [4.69, 9.17) is 0 Å². The molecule has 0 rings (SSSR count). The molecule has 0 heterocycles. The molecule has 0 radical (unpaired) electrons. The molecule has 17 heavy (non-hydrogen) atoms. The molecule has 1 unspecified atom stereocenters. The van der Waals surface area contributed by atoms with Crippen molar-refractivity contribution >= 4 is 11.8 Å². The van der Waals surface area contributed by atoms with Gasteiger partial charge in [-0.3, -0.25) is 9.59 Å². The Morgan fingerprint density at radius 2 is 1.71 bits per heavy atom. The molecule has 2 amide bonds. The molecule has 7 heteroatoms. The molecule has 0 fully saturated rings. The predicted octanol–water partition coefficient (Wildman–Crippen LogP) is 1.17. The van der Waals surface area contributed by atoms with E-state index in [1.54, 1.807) is 19.2 Å². The van der Waals surface area contributed by atoms with Crippen LogP contribution in [-0.2, 0) is 9.59 Å². The van der Waals surface area contributed by atoms with Gasteiger partial charge in [0.05, 0.1) is 0 Å². The highest BCUT2D eigenvalue weighted by Gasteiger charge is 2.41. The Kier molecular flexibility index (Phi) is 5.44. The summed E-state index contributed by atoms with van der Waals surface area (Å²) in [6.45, 7) is 3.52. The summed E-state index contributed by atoms with van der Waals surface area (Å²) in [7, 11) is 2.85. The molecule has 100 valence electrons. The lowest BCUT2D eigenvalue weighted by Gasteiger charge is -2.23. The number of amides is 2. The molecule has 1 atom stereocenters. The van der Waals surface area contributed by atoms with Crippen LogP contribution < -0.4 is 5.32 Å². The standard InChI is InChI=1S/C10H17F3N2O2/c1-6(2)5-7(8(16)15(3)4)14-9(17)10(11,12)13/h6-7H,5H2,1-4H3,(H,14,17). The summed E-state index contributed by atoms with van der Waals surface area (Å²) >= 11 is 0. The van der Waals surface area contributed by atoms with E-state index >= 15 is 0 Å². The minimum Gasteiger partial charge on any atom is -0.347 e. The van der Waals surface area contributed by atoms with Crippen LogP contribution in [-0.4, -0.2) is 43.0 Å². The summed E-state index contributed by atoms with van der Waals surface area (Å²) in [5.74, 6) is -2.63. The van der Waals surface area contributed by atoms with Crippen molar-refractivity contribution in [3.63, 3.8) is 0 Å². The van der Waals surface area contributed by atoms with Gasteiger partial charge in [-0.25, -0.2) is 0 Å². The fourth-order valence-corrected chi connectivity index (χ4v) is 1.24. The van der Waals surface area contributed by atoms with Crippen LogP contribution in [0.3, 0.4) is 0 Å². The second kappa shape index (κ2) is 5.88. The normalized spacial score (nSPS) is 13.4. The van der Waals surface area contributed by atoms with Gasteiger partial charge in [0.2, 0.25) is 5.91 Å². The van der Waals surface area contributed by atoms with Gasteiger partial charge in [-0.2, -0.15) is 13.2 Å². The molecule has 0 saturated carbocycles. The van der Waals surface area contributed by atoms with Crippen LogP contribution in [0.25, 0.3) is 0 Å². The molecule has 4 nitrogen and oxygen atoms in total. The molecule has 0 aliphatic heterocycles. The van der Waals surface area contributed by atoms with Gasteiger partial charge in [-0.1, -0.05) is 13.8 Å². The highest BCUT2D eigenvalue weighted by Crippen LogP contribution is 2.16. The second-order valence-electron chi connectivity index (χ2n) is 4.39. The maximum Gasteiger partial charge on any atom is 0.471 e. The van der Waals surface area contributed by atoms with E-state index < -0.39 is 24.0 Å². The zero-order valence-corrected chi connectivity index (χ0v) is 10.3. The van der Waals surface area contributed by atoms with Gasteiger partial charge in [0, 0.05) is 14.1 Å². The largest absolute Gasteiger partial charge is 0.471 e. The Hall–Kier alpha value is -1.27. The first-order valence-corrected chi connectivity index (χ1v) is 5.14. The summed E-state index contributed by atoms with van der Waals surface area (Å²) in [5, 5.41) is 1.71. The third-order valence-corrected chi connectivity index (χ3v) is 2.01. The van der Waals surface area contributed by atoms with Gasteiger partial charge < -0.3 is 10.2 Å². The van der Waals surface area contributed by atoms with Crippen LogP contribution in [0.1, 0.15) is 20.3 Å². The van der Waals surface area contributed by atoms with Crippen LogP contribution in [0.2, 0.25) is 0 Å². The Morgan fingerprint density at radius 3 is 2.00 bits per heavy atom. The lowest BCUT2D eigenvalue weighted by atomic mass is 10.0. The van der Waals surface area contributed by atoms with Crippen molar-refractivity contribution in [1.82, 2.24) is 10.2 Å². The molecule has 0 aromatic heterocycles. The highest BCUT2D eigenvalue weighted by molar-refractivity contribution is 5.89. The summed E-state index contributed by atoms with van der Waals surface area (Å²) < 4.78 is 36.2. The topological polar surface area (TPSA) is 49.4 Å². The van der Waals surface area contributed by atoms with E-state index in [1.807, 2.05) is 0 Å². The summed E-state index contributed by atoms with van der Waals surface area (Å²) in [6.07, 6.45) is -4.80. The Bertz CT molecular complexity index is 288. The van der Waals surface area contributed by atoms with Crippen LogP contribution >= 0.6 is 0 Å². The average molecular weight is 254 g/mol. The second-order valence-corrected chi connectivity index (χ2v) is 4.39. The SMILES string of the molecule is CC(C)CC(NC(=O)C(F)(F)F)C(=O)N(C)C. The quantitative estimate of drug-likeness (QED) is 0.818. The van der Waals surface area contributed by atoms with E-state index in [0.29, 0.717) is 0 Å². The van der Waals surface area contributed by atoms with Gasteiger partial charge in [-0.05, 0) is 12.3 Å². The van der Waals surface area contributed by atoms with Crippen molar-refractivity contribution < 1.29 is 22.8 Å². The number of halogens is 3. The zero-order chi connectivity index (χ0) is 13.8. The van der Waals surface area contributed by atoms with Crippen LogP contribution in [0.15, 0.2) is 0 Å². The molecular formula is C10H17F3N2O2. The fourth-order valence-electron chi connectivity index (χ4n) is 1.24. The van der Waals surface area contributed by atoms with Crippen molar-refractivity contribution in [1.29, 1.82) is 0 Å². The van der Waals surface area contributed by atoms with Crippen molar-refractivity contribution in [3.05, 3.63) is 0 Å². The Balaban J connectivity index is 4.72. The number of rotatable bonds is 4. The molecule has 0 aromatic carbocycles. The maximum absolute atomic E-state index is 12.1. The predicted molar refractivity (Wildman–Crippen MR) is 56.1 cm³/mol. The first kappa shape index (κ1) is 15.7. The first-order chi connectivity index (χ1) is 7.55. The van der Waals surface area contributed by atoms with E-state index in [2.05, 4.69) is 0 Å². The van der Waals surface area contributed by atoms with Gasteiger partial charge >= 0.3 is 12.1 Å². The summed E-state index contributed by atoms with van der Waals surface area (Å²) in [4.78, 5) is 23.5. The number of likely N-dealkylation sites (N-methyl/N-ethyl adjacent to an activating group) is 1. The van der Waals surface area contributed by atoms with Crippen LogP contribution in [0.4, 0.5) is 13.2 Å². The third-order valence-electron chi connectivity index (χ3n) is 2.01. The number of hydrogen-bond donors (Lipinski definition) is 1.